The van der Waals surface area contributed by atoms with E-state index >= 15 is 0 Å². The number of aliphatic hydroxyl groups is 1. The molecule has 1 heterocycles. The fourth-order valence-corrected chi connectivity index (χ4v) is 3.23. The number of hydrogen-bond donors (Lipinski definition) is 4. The SMILES string of the molecule is CCNC(=NCC(=O)NC(C)(C)C)NCC1(O)CCSC1. The molecule has 0 aromatic carbocycles. The topological polar surface area (TPSA) is 85.8 Å². The lowest BCUT2D eigenvalue weighted by Crippen LogP contribution is -2.48. The fraction of sp³-hybridized carbons (Fsp3) is 0.857. The summed E-state index contributed by atoms with van der Waals surface area (Å²) in [5, 5.41) is 19.4. The molecule has 7 heteroatoms. The van der Waals surface area contributed by atoms with Crippen molar-refractivity contribution in [2.45, 2.75) is 45.3 Å². The monoisotopic (exact) mass is 316 g/mol. The molecule has 1 saturated heterocycles. The van der Waals surface area contributed by atoms with Crippen LogP contribution in [0.2, 0.25) is 0 Å². The quantitative estimate of drug-likeness (QED) is 0.434. The Morgan fingerprint density at radius 3 is 2.62 bits per heavy atom. The molecular weight excluding hydrogens is 288 g/mol. The number of aliphatic imine (C=N–C) groups is 1. The maximum atomic E-state index is 11.8. The Hall–Kier alpha value is -0.950. The summed E-state index contributed by atoms with van der Waals surface area (Å²) < 4.78 is 0. The van der Waals surface area contributed by atoms with Crippen molar-refractivity contribution in [2.75, 3.05) is 31.1 Å². The van der Waals surface area contributed by atoms with Crippen molar-refractivity contribution in [2.24, 2.45) is 4.99 Å². The van der Waals surface area contributed by atoms with Crippen LogP contribution in [0.15, 0.2) is 4.99 Å². The van der Waals surface area contributed by atoms with E-state index in [1.807, 2.05) is 27.7 Å². The van der Waals surface area contributed by atoms with Gasteiger partial charge in [0.25, 0.3) is 0 Å². The molecule has 0 aliphatic carbocycles. The summed E-state index contributed by atoms with van der Waals surface area (Å²) in [4.78, 5) is 16.0. The molecule has 6 nitrogen and oxygen atoms in total. The predicted molar refractivity (Wildman–Crippen MR) is 88.8 cm³/mol. The van der Waals surface area contributed by atoms with Crippen LogP contribution in [0.3, 0.4) is 0 Å². The highest BCUT2D eigenvalue weighted by atomic mass is 32.2. The van der Waals surface area contributed by atoms with Gasteiger partial charge in [0, 0.05) is 24.4 Å². The summed E-state index contributed by atoms with van der Waals surface area (Å²) in [6.07, 6.45) is 0.786. The summed E-state index contributed by atoms with van der Waals surface area (Å²) >= 11 is 1.76. The number of guanidine groups is 1. The number of hydrogen-bond acceptors (Lipinski definition) is 4. The van der Waals surface area contributed by atoms with Crippen LogP contribution in [0.1, 0.15) is 34.1 Å². The molecule has 21 heavy (non-hydrogen) atoms. The van der Waals surface area contributed by atoms with Crippen molar-refractivity contribution in [1.29, 1.82) is 0 Å². The highest BCUT2D eigenvalue weighted by Gasteiger charge is 2.31. The van der Waals surface area contributed by atoms with E-state index in [2.05, 4.69) is 20.9 Å². The van der Waals surface area contributed by atoms with Crippen LogP contribution in [0.5, 0.6) is 0 Å². The fourth-order valence-electron chi connectivity index (χ4n) is 1.93. The number of carbonyl (C=O) groups excluding carboxylic acids is 1. The summed E-state index contributed by atoms with van der Waals surface area (Å²) in [7, 11) is 0. The van der Waals surface area contributed by atoms with Crippen LogP contribution in [0.25, 0.3) is 0 Å². The average molecular weight is 316 g/mol. The summed E-state index contributed by atoms with van der Waals surface area (Å²) in [5.41, 5.74) is -0.927. The minimum Gasteiger partial charge on any atom is -0.387 e. The largest absolute Gasteiger partial charge is 0.387 e. The third-order valence-corrected chi connectivity index (χ3v) is 4.14. The number of carbonyl (C=O) groups is 1. The van der Waals surface area contributed by atoms with E-state index in [0.717, 1.165) is 17.9 Å². The van der Waals surface area contributed by atoms with Gasteiger partial charge in [-0.3, -0.25) is 4.79 Å². The molecule has 1 aliphatic rings. The standard InChI is InChI=1S/C14H28N4O2S/c1-5-15-12(16-8-11(19)18-13(2,3)4)17-9-14(20)6-7-21-10-14/h20H,5-10H2,1-4H3,(H,18,19)(H2,15,16,17). The molecule has 1 amide bonds. The van der Waals surface area contributed by atoms with Crippen LogP contribution in [0, 0.1) is 0 Å². The summed E-state index contributed by atoms with van der Waals surface area (Å²) in [6.45, 7) is 9.00. The molecule has 1 fully saturated rings. The molecule has 1 rings (SSSR count). The zero-order valence-corrected chi connectivity index (χ0v) is 14.3. The van der Waals surface area contributed by atoms with Crippen LogP contribution >= 0.6 is 11.8 Å². The van der Waals surface area contributed by atoms with E-state index < -0.39 is 5.60 Å². The van der Waals surface area contributed by atoms with E-state index in [1.54, 1.807) is 11.8 Å². The van der Waals surface area contributed by atoms with Crippen molar-refractivity contribution in [1.82, 2.24) is 16.0 Å². The first kappa shape index (κ1) is 18.1. The highest BCUT2D eigenvalue weighted by Crippen LogP contribution is 2.26. The van der Waals surface area contributed by atoms with Gasteiger partial charge in [0.05, 0.1) is 5.60 Å². The third-order valence-electron chi connectivity index (χ3n) is 2.91. The lowest BCUT2D eigenvalue weighted by molar-refractivity contribution is -0.121. The van der Waals surface area contributed by atoms with E-state index in [1.165, 1.54) is 0 Å². The van der Waals surface area contributed by atoms with E-state index in [-0.39, 0.29) is 18.0 Å². The molecule has 0 aromatic rings. The van der Waals surface area contributed by atoms with Crippen molar-refractivity contribution < 1.29 is 9.90 Å². The maximum absolute atomic E-state index is 11.8. The van der Waals surface area contributed by atoms with Crippen molar-refractivity contribution >= 4 is 23.6 Å². The van der Waals surface area contributed by atoms with Gasteiger partial charge in [-0.15, -0.1) is 0 Å². The Balaban J connectivity index is 2.47. The Bertz CT molecular complexity index is 374. The molecule has 0 aromatic heterocycles. The van der Waals surface area contributed by atoms with Gasteiger partial charge in [-0.1, -0.05) is 0 Å². The molecule has 0 spiro atoms. The van der Waals surface area contributed by atoms with E-state index in [9.17, 15) is 9.90 Å². The predicted octanol–water partition coefficient (Wildman–Crippen LogP) is 0.324. The average Bonchev–Trinajstić information content (AvgIpc) is 2.78. The van der Waals surface area contributed by atoms with E-state index in [0.29, 0.717) is 19.0 Å². The van der Waals surface area contributed by atoms with Gasteiger partial charge in [0.1, 0.15) is 6.54 Å². The van der Waals surface area contributed by atoms with Gasteiger partial charge in [0.15, 0.2) is 5.96 Å². The maximum Gasteiger partial charge on any atom is 0.242 e. The van der Waals surface area contributed by atoms with Crippen LogP contribution in [-0.2, 0) is 4.79 Å². The second-order valence-corrected chi connectivity index (χ2v) is 7.48. The first-order valence-corrected chi connectivity index (χ1v) is 8.53. The number of nitrogens with one attached hydrogen (secondary N) is 3. The zero-order chi connectivity index (χ0) is 15.9. The van der Waals surface area contributed by atoms with Gasteiger partial charge in [-0.05, 0) is 39.9 Å². The number of nitrogens with zero attached hydrogens (tertiary/aromatic N) is 1. The van der Waals surface area contributed by atoms with Gasteiger partial charge < -0.3 is 21.1 Å². The van der Waals surface area contributed by atoms with Crippen molar-refractivity contribution in [3.63, 3.8) is 0 Å². The number of thioether (sulfide) groups is 1. The first-order chi connectivity index (χ1) is 9.74. The second-order valence-electron chi connectivity index (χ2n) is 6.37. The van der Waals surface area contributed by atoms with Crippen LogP contribution in [-0.4, -0.2) is 59.3 Å². The van der Waals surface area contributed by atoms with Gasteiger partial charge in [0.2, 0.25) is 5.91 Å². The smallest absolute Gasteiger partial charge is 0.242 e. The van der Waals surface area contributed by atoms with Crippen molar-refractivity contribution in [3.8, 4) is 0 Å². The van der Waals surface area contributed by atoms with Crippen LogP contribution < -0.4 is 16.0 Å². The molecule has 0 saturated carbocycles. The van der Waals surface area contributed by atoms with Gasteiger partial charge in [-0.2, -0.15) is 11.8 Å². The lowest BCUT2D eigenvalue weighted by atomic mass is 10.0. The van der Waals surface area contributed by atoms with Gasteiger partial charge in [-0.25, -0.2) is 4.99 Å². The van der Waals surface area contributed by atoms with Crippen molar-refractivity contribution in [3.05, 3.63) is 0 Å². The zero-order valence-electron chi connectivity index (χ0n) is 13.5. The molecule has 4 N–H and O–H groups in total. The third kappa shape index (κ3) is 7.57. The molecule has 0 radical (unpaired) electrons. The Morgan fingerprint density at radius 2 is 2.10 bits per heavy atom. The van der Waals surface area contributed by atoms with Crippen LogP contribution in [0.4, 0.5) is 0 Å². The Labute approximate surface area is 131 Å². The molecule has 0 bridgehead atoms. The highest BCUT2D eigenvalue weighted by molar-refractivity contribution is 7.99. The Morgan fingerprint density at radius 1 is 1.38 bits per heavy atom. The lowest BCUT2D eigenvalue weighted by Gasteiger charge is -2.23. The summed E-state index contributed by atoms with van der Waals surface area (Å²) in [6, 6.07) is 0. The number of amides is 1. The molecule has 1 unspecified atom stereocenters. The minimum absolute atomic E-state index is 0.0692. The van der Waals surface area contributed by atoms with Gasteiger partial charge >= 0.3 is 0 Å². The summed E-state index contributed by atoms with van der Waals surface area (Å²) in [5.74, 6) is 2.17. The number of rotatable bonds is 5. The van der Waals surface area contributed by atoms with E-state index in [4.69, 9.17) is 0 Å². The Kier molecular flexibility index (Phi) is 6.80. The normalized spacial score (nSPS) is 23.0. The molecular formula is C14H28N4O2S. The molecule has 1 aliphatic heterocycles. The second kappa shape index (κ2) is 7.89. The minimum atomic E-state index is -0.672. The molecule has 122 valence electrons. The first-order valence-electron chi connectivity index (χ1n) is 7.37. The molecule has 1 atom stereocenters.